The first-order chi connectivity index (χ1) is 18.0. The number of ether oxygens (including phenoxy) is 2. The minimum absolute atomic E-state index is 0.0377. The number of alkyl halides is 2. The lowest BCUT2D eigenvalue weighted by molar-refractivity contribution is -0.0583. The van der Waals surface area contributed by atoms with Crippen LogP contribution in [0.15, 0.2) is 30.3 Å². The molecule has 3 aromatic rings. The van der Waals surface area contributed by atoms with Crippen LogP contribution in [0.1, 0.15) is 23.9 Å². The molecule has 1 atom stereocenters. The Kier molecular flexibility index (Phi) is 7.93. The number of halogens is 3. The van der Waals surface area contributed by atoms with Crippen LogP contribution in [0.4, 0.5) is 23.8 Å². The number of aryl methyl sites for hydroxylation is 1. The number of fused-ring (bicyclic) bond motifs is 1. The monoisotopic (exact) mass is 533 g/mol. The molecule has 204 valence electrons. The van der Waals surface area contributed by atoms with Gasteiger partial charge in [0, 0.05) is 49.2 Å². The van der Waals surface area contributed by atoms with Crippen LogP contribution in [-0.2, 0) is 12.5 Å². The van der Waals surface area contributed by atoms with Crippen molar-refractivity contribution in [2.75, 3.05) is 45.7 Å². The number of carbonyl (C=O) groups excluding carboxylic acids is 1. The van der Waals surface area contributed by atoms with Crippen molar-refractivity contribution in [1.29, 1.82) is 0 Å². The van der Waals surface area contributed by atoms with Gasteiger partial charge in [-0.15, -0.1) is 0 Å². The van der Waals surface area contributed by atoms with E-state index in [4.69, 9.17) is 14.6 Å². The summed E-state index contributed by atoms with van der Waals surface area (Å²) in [6.45, 7) is 3.88. The minimum Gasteiger partial charge on any atom is -0.493 e. The van der Waals surface area contributed by atoms with Gasteiger partial charge >= 0.3 is 6.09 Å². The van der Waals surface area contributed by atoms with E-state index in [1.807, 2.05) is 14.0 Å². The fourth-order valence-corrected chi connectivity index (χ4v) is 4.45. The van der Waals surface area contributed by atoms with E-state index in [0.717, 1.165) is 12.6 Å². The maximum atomic E-state index is 14.8. The molecule has 0 aliphatic carbocycles. The van der Waals surface area contributed by atoms with E-state index in [1.54, 1.807) is 24.0 Å². The van der Waals surface area contributed by atoms with Crippen LogP contribution in [0.3, 0.4) is 0 Å². The van der Waals surface area contributed by atoms with Crippen molar-refractivity contribution in [2.45, 2.75) is 32.4 Å². The van der Waals surface area contributed by atoms with E-state index in [0.29, 0.717) is 41.4 Å². The Balaban J connectivity index is 1.64. The minimum atomic E-state index is -3.71. The van der Waals surface area contributed by atoms with Crippen LogP contribution in [-0.4, -0.2) is 77.4 Å². The van der Waals surface area contributed by atoms with E-state index in [9.17, 15) is 18.0 Å². The first kappa shape index (κ1) is 27.4. The summed E-state index contributed by atoms with van der Waals surface area (Å²) in [5.41, 5.74) is -0.449. The lowest BCUT2D eigenvalue weighted by atomic mass is 10.0. The van der Waals surface area contributed by atoms with Gasteiger partial charge in [-0.2, -0.15) is 8.78 Å². The fourth-order valence-electron chi connectivity index (χ4n) is 4.45. The second-order valence-electron chi connectivity index (χ2n) is 9.31. The number of aliphatic hydroxyl groups excluding tert-OH is 1. The van der Waals surface area contributed by atoms with Crippen molar-refractivity contribution >= 4 is 22.8 Å². The maximum absolute atomic E-state index is 14.8. The predicted molar refractivity (Wildman–Crippen MR) is 135 cm³/mol. The summed E-state index contributed by atoms with van der Waals surface area (Å²) < 4.78 is 53.9. The molecule has 0 radical (unpaired) electrons. The second kappa shape index (κ2) is 11.0. The molecule has 12 heteroatoms. The molecule has 1 aliphatic rings. The van der Waals surface area contributed by atoms with E-state index >= 15 is 0 Å². The number of benzene rings is 2. The highest BCUT2D eigenvalue weighted by atomic mass is 19.3. The lowest BCUT2D eigenvalue weighted by Crippen LogP contribution is -2.53. The molecule has 0 spiro atoms. The summed E-state index contributed by atoms with van der Waals surface area (Å²) in [6.07, 6.45) is -0.519. The van der Waals surface area contributed by atoms with E-state index in [2.05, 4.69) is 20.2 Å². The SMILES string of the molecule is COc1cc2nc(C)nc(NCc3cccc(C(F)(F)CO)c3F)c2cc1OC(=O)N1CCN(C)CC1C. The van der Waals surface area contributed by atoms with Crippen molar-refractivity contribution < 1.29 is 32.5 Å². The van der Waals surface area contributed by atoms with Crippen LogP contribution in [0.5, 0.6) is 11.5 Å². The Morgan fingerprint density at radius 2 is 2.00 bits per heavy atom. The first-order valence-electron chi connectivity index (χ1n) is 12.1. The van der Waals surface area contributed by atoms with Crippen LogP contribution in [0.2, 0.25) is 0 Å². The maximum Gasteiger partial charge on any atom is 0.415 e. The van der Waals surface area contributed by atoms with Gasteiger partial charge in [0.2, 0.25) is 0 Å². The highest BCUT2D eigenvalue weighted by Crippen LogP contribution is 2.36. The average molecular weight is 534 g/mol. The molecule has 1 amide bonds. The van der Waals surface area contributed by atoms with E-state index in [1.165, 1.54) is 19.2 Å². The highest BCUT2D eigenvalue weighted by molar-refractivity contribution is 5.92. The normalized spacial score (nSPS) is 16.5. The Morgan fingerprint density at radius 3 is 2.68 bits per heavy atom. The Bertz CT molecular complexity index is 1340. The molecule has 9 nitrogen and oxygen atoms in total. The number of piperazine rings is 1. The molecular weight excluding hydrogens is 503 g/mol. The number of hydrogen-bond acceptors (Lipinski definition) is 8. The number of aromatic nitrogens is 2. The number of nitrogens with zero attached hydrogens (tertiary/aromatic N) is 4. The number of carbonyl (C=O) groups is 1. The molecule has 0 bridgehead atoms. The summed E-state index contributed by atoms with van der Waals surface area (Å²) in [5.74, 6) is -3.69. The Hall–Kier alpha value is -3.64. The van der Waals surface area contributed by atoms with Crippen LogP contribution >= 0.6 is 0 Å². The highest BCUT2D eigenvalue weighted by Gasteiger charge is 2.34. The van der Waals surface area contributed by atoms with Gasteiger partial charge in [0.15, 0.2) is 11.5 Å². The molecule has 2 heterocycles. The van der Waals surface area contributed by atoms with Gasteiger partial charge < -0.3 is 29.7 Å². The van der Waals surface area contributed by atoms with Gasteiger partial charge in [0.25, 0.3) is 5.92 Å². The average Bonchev–Trinajstić information content (AvgIpc) is 2.87. The smallest absolute Gasteiger partial charge is 0.415 e. The fraction of sp³-hybridized carbons (Fsp3) is 0.423. The standard InChI is InChI=1S/C26H30F3N5O4/c1-15-13-33(3)8-9-34(15)25(36)38-22-10-18-20(11-21(22)37-4)31-16(2)32-24(18)30-12-17-6-5-7-19(23(17)27)26(28,29)14-35/h5-7,10-11,15,35H,8-9,12-14H2,1-4H3,(H,30,31,32). The van der Waals surface area contributed by atoms with Gasteiger partial charge in [-0.05, 0) is 33.0 Å². The van der Waals surface area contributed by atoms with Gasteiger partial charge in [0.1, 0.15) is 24.1 Å². The van der Waals surface area contributed by atoms with Crippen molar-refractivity contribution in [3.05, 3.63) is 53.1 Å². The molecule has 0 saturated carbocycles. The number of hydrogen-bond donors (Lipinski definition) is 2. The van der Waals surface area contributed by atoms with Crippen molar-refractivity contribution in [2.24, 2.45) is 0 Å². The largest absolute Gasteiger partial charge is 0.493 e. The topological polar surface area (TPSA) is 100 Å². The Morgan fingerprint density at radius 1 is 1.24 bits per heavy atom. The zero-order valence-corrected chi connectivity index (χ0v) is 21.6. The second-order valence-corrected chi connectivity index (χ2v) is 9.31. The van der Waals surface area contributed by atoms with Crippen molar-refractivity contribution in [3.8, 4) is 11.5 Å². The molecule has 2 aromatic carbocycles. The van der Waals surface area contributed by atoms with E-state index in [-0.39, 0.29) is 23.9 Å². The third-order valence-corrected chi connectivity index (χ3v) is 6.47. The molecule has 1 unspecified atom stereocenters. The Labute approximate surface area is 218 Å². The van der Waals surface area contributed by atoms with Gasteiger partial charge in [0.05, 0.1) is 18.2 Å². The van der Waals surface area contributed by atoms with E-state index < -0.39 is 30.0 Å². The number of nitrogens with one attached hydrogen (secondary N) is 1. The molecule has 1 fully saturated rings. The molecule has 2 N–H and O–H groups in total. The molecule has 38 heavy (non-hydrogen) atoms. The number of methoxy groups -OCH3 is 1. The number of amides is 1. The van der Waals surface area contributed by atoms with Gasteiger partial charge in [-0.1, -0.05) is 12.1 Å². The van der Waals surface area contributed by atoms with Crippen molar-refractivity contribution in [3.63, 3.8) is 0 Å². The van der Waals surface area contributed by atoms with Gasteiger partial charge in [-0.25, -0.2) is 19.2 Å². The van der Waals surface area contributed by atoms with Crippen LogP contribution in [0, 0.1) is 12.7 Å². The van der Waals surface area contributed by atoms with Gasteiger partial charge in [-0.3, -0.25) is 0 Å². The van der Waals surface area contributed by atoms with Crippen LogP contribution < -0.4 is 14.8 Å². The molecule has 1 aromatic heterocycles. The zero-order chi connectivity index (χ0) is 27.6. The molecule has 1 saturated heterocycles. The van der Waals surface area contributed by atoms with Crippen molar-refractivity contribution in [1.82, 2.24) is 19.8 Å². The third kappa shape index (κ3) is 5.60. The first-order valence-corrected chi connectivity index (χ1v) is 12.1. The summed E-state index contributed by atoms with van der Waals surface area (Å²) in [4.78, 5) is 25.6. The number of likely N-dealkylation sites (N-methyl/N-ethyl adjacent to an activating group) is 1. The number of rotatable bonds is 7. The molecule has 4 rings (SSSR count). The lowest BCUT2D eigenvalue weighted by Gasteiger charge is -2.37. The number of anilines is 1. The molecule has 1 aliphatic heterocycles. The predicted octanol–water partition coefficient (Wildman–Crippen LogP) is 3.92. The zero-order valence-electron chi connectivity index (χ0n) is 21.6. The quantitative estimate of drug-likeness (QED) is 0.472. The summed E-state index contributed by atoms with van der Waals surface area (Å²) in [6, 6.07) is 6.72. The third-order valence-electron chi connectivity index (χ3n) is 6.47. The summed E-state index contributed by atoms with van der Waals surface area (Å²) >= 11 is 0. The number of aliphatic hydroxyl groups is 1. The summed E-state index contributed by atoms with van der Waals surface area (Å²) in [7, 11) is 3.43. The van der Waals surface area contributed by atoms with Crippen LogP contribution in [0.25, 0.3) is 10.9 Å². The summed E-state index contributed by atoms with van der Waals surface area (Å²) in [5, 5.41) is 12.4. The molecular formula is C26H30F3N5O4.